The number of halogens is 1. The van der Waals surface area contributed by atoms with Gasteiger partial charge in [-0.05, 0) is 17.7 Å². The maximum absolute atomic E-state index is 11.2. The molecule has 0 aliphatic heterocycles. The highest BCUT2D eigenvalue weighted by atomic mass is 35.5. The van der Waals surface area contributed by atoms with Crippen LogP contribution in [-0.2, 0) is 16.0 Å². The molecule has 1 aromatic heterocycles. The Kier molecular flexibility index (Phi) is 4.15. The lowest BCUT2D eigenvalue weighted by atomic mass is 10.0. The predicted octanol–water partition coefficient (Wildman–Crippen LogP) is 1.82. The van der Waals surface area contributed by atoms with Gasteiger partial charge < -0.3 is 15.4 Å². The van der Waals surface area contributed by atoms with Gasteiger partial charge in [-0.1, -0.05) is 11.6 Å². The average Bonchev–Trinajstić information content (AvgIpc) is 2.78. The fourth-order valence-electron chi connectivity index (χ4n) is 2.12. The summed E-state index contributed by atoms with van der Waals surface area (Å²) in [6.07, 6.45) is 1.77. The molecule has 0 bridgehead atoms. The van der Waals surface area contributed by atoms with E-state index in [1.54, 1.807) is 18.3 Å². The number of fused-ring (bicyclic) bond motifs is 1. The summed E-state index contributed by atoms with van der Waals surface area (Å²) in [6.45, 7) is 1.26. The molecular formula is C14H12ClN3O3. The summed E-state index contributed by atoms with van der Waals surface area (Å²) >= 11 is 5.94. The number of aromatic amines is 1. The summed E-state index contributed by atoms with van der Waals surface area (Å²) in [5, 5.41) is 21.6. The number of carboxylic acid groups (broad SMARTS) is 1. The number of carbonyl (C=O) groups is 2. The van der Waals surface area contributed by atoms with Crippen molar-refractivity contribution in [3.8, 4) is 6.07 Å². The van der Waals surface area contributed by atoms with Gasteiger partial charge >= 0.3 is 5.97 Å². The Hall–Kier alpha value is -2.52. The van der Waals surface area contributed by atoms with Gasteiger partial charge in [0.25, 0.3) is 0 Å². The van der Waals surface area contributed by atoms with Gasteiger partial charge in [0.15, 0.2) is 0 Å². The molecule has 1 heterocycles. The third-order valence-corrected chi connectivity index (χ3v) is 3.39. The highest BCUT2D eigenvalue weighted by Gasteiger charge is 2.20. The molecule has 0 saturated heterocycles. The van der Waals surface area contributed by atoms with Crippen LogP contribution in [0.5, 0.6) is 0 Å². The normalized spacial score (nSPS) is 11.9. The van der Waals surface area contributed by atoms with Gasteiger partial charge in [-0.15, -0.1) is 0 Å². The van der Waals surface area contributed by atoms with Crippen LogP contribution >= 0.6 is 11.6 Å². The first-order chi connectivity index (χ1) is 9.92. The number of benzene rings is 1. The molecule has 1 aromatic carbocycles. The van der Waals surface area contributed by atoms with E-state index in [1.165, 1.54) is 6.92 Å². The molecule has 1 atom stereocenters. The number of carboxylic acids is 1. The minimum Gasteiger partial charge on any atom is -0.480 e. The molecule has 21 heavy (non-hydrogen) atoms. The fourth-order valence-corrected chi connectivity index (χ4v) is 2.33. The lowest BCUT2D eigenvalue weighted by Crippen LogP contribution is -2.41. The van der Waals surface area contributed by atoms with Crippen LogP contribution in [0.1, 0.15) is 18.1 Å². The summed E-state index contributed by atoms with van der Waals surface area (Å²) in [6, 6.07) is 4.18. The lowest BCUT2D eigenvalue weighted by molar-refractivity contribution is -0.141. The molecule has 2 aromatic rings. The zero-order valence-electron chi connectivity index (χ0n) is 11.1. The Bertz CT molecular complexity index is 761. The van der Waals surface area contributed by atoms with Crippen LogP contribution in [0.4, 0.5) is 0 Å². The second-order valence-corrected chi connectivity index (χ2v) is 5.01. The number of rotatable bonds is 4. The van der Waals surface area contributed by atoms with Crippen LogP contribution in [-0.4, -0.2) is 28.0 Å². The second kappa shape index (κ2) is 5.85. The molecular weight excluding hydrogens is 294 g/mol. The Morgan fingerprint density at radius 2 is 2.24 bits per heavy atom. The van der Waals surface area contributed by atoms with E-state index >= 15 is 0 Å². The topological polar surface area (TPSA) is 106 Å². The molecule has 0 fully saturated rings. The molecule has 108 valence electrons. The van der Waals surface area contributed by atoms with Crippen molar-refractivity contribution in [1.82, 2.24) is 10.3 Å². The summed E-state index contributed by atoms with van der Waals surface area (Å²) in [5.41, 5.74) is 1.72. The quantitative estimate of drug-likeness (QED) is 0.801. The molecule has 0 aliphatic rings. The van der Waals surface area contributed by atoms with Crippen molar-refractivity contribution in [2.75, 3.05) is 0 Å². The number of nitrogens with one attached hydrogen (secondary N) is 2. The van der Waals surface area contributed by atoms with E-state index in [1.807, 2.05) is 6.07 Å². The van der Waals surface area contributed by atoms with E-state index in [9.17, 15) is 9.59 Å². The highest BCUT2D eigenvalue weighted by Crippen LogP contribution is 2.26. The van der Waals surface area contributed by atoms with Crippen molar-refractivity contribution >= 4 is 34.4 Å². The van der Waals surface area contributed by atoms with Gasteiger partial charge in [0.1, 0.15) is 12.1 Å². The second-order valence-electron chi connectivity index (χ2n) is 4.60. The van der Waals surface area contributed by atoms with E-state index in [2.05, 4.69) is 10.3 Å². The van der Waals surface area contributed by atoms with Crippen molar-refractivity contribution in [3.63, 3.8) is 0 Å². The van der Waals surface area contributed by atoms with Crippen LogP contribution in [0.15, 0.2) is 18.3 Å². The Morgan fingerprint density at radius 1 is 1.52 bits per heavy atom. The molecule has 2 rings (SSSR count). The van der Waals surface area contributed by atoms with Gasteiger partial charge in [0, 0.05) is 30.4 Å². The van der Waals surface area contributed by atoms with Crippen molar-refractivity contribution in [2.45, 2.75) is 19.4 Å². The monoisotopic (exact) mass is 305 g/mol. The fraction of sp³-hybridized carbons (Fsp3) is 0.214. The summed E-state index contributed by atoms with van der Waals surface area (Å²) in [7, 11) is 0. The van der Waals surface area contributed by atoms with Crippen molar-refractivity contribution in [1.29, 1.82) is 5.26 Å². The third-order valence-electron chi connectivity index (χ3n) is 3.08. The number of nitrogens with zero attached hydrogens (tertiary/aromatic N) is 1. The van der Waals surface area contributed by atoms with E-state index in [0.717, 1.165) is 0 Å². The number of H-pyrrole nitrogens is 1. The third kappa shape index (κ3) is 3.15. The maximum atomic E-state index is 11.2. The maximum Gasteiger partial charge on any atom is 0.326 e. The Balaban J connectivity index is 2.40. The summed E-state index contributed by atoms with van der Waals surface area (Å²) < 4.78 is 0. The number of hydrogen-bond acceptors (Lipinski definition) is 3. The molecule has 1 amide bonds. The molecule has 1 unspecified atom stereocenters. The van der Waals surface area contributed by atoms with Gasteiger partial charge in [0.05, 0.1) is 10.6 Å². The molecule has 0 saturated carbocycles. The SMILES string of the molecule is CC(=O)NC(Cc1c[nH]c2cc(Cl)c(C#N)cc12)C(=O)O. The number of amides is 1. The largest absolute Gasteiger partial charge is 0.480 e. The van der Waals surface area contributed by atoms with Gasteiger partial charge in [0.2, 0.25) is 5.91 Å². The van der Waals surface area contributed by atoms with E-state index in [-0.39, 0.29) is 6.42 Å². The molecule has 3 N–H and O–H groups in total. The number of nitriles is 1. The molecule has 0 aliphatic carbocycles. The van der Waals surface area contributed by atoms with Crippen LogP contribution in [0.25, 0.3) is 10.9 Å². The number of aromatic nitrogens is 1. The highest BCUT2D eigenvalue weighted by molar-refractivity contribution is 6.32. The molecule has 7 heteroatoms. The predicted molar refractivity (Wildman–Crippen MR) is 77.0 cm³/mol. The van der Waals surface area contributed by atoms with Crippen molar-refractivity contribution < 1.29 is 14.7 Å². The standard InChI is InChI=1S/C14H12ClN3O3/c1-7(19)18-13(14(20)21)3-9-6-17-12-4-11(15)8(5-16)2-10(9)12/h2,4,6,13,17H,3H2,1H3,(H,18,19)(H,20,21). The molecule has 0 spiro atoms. The van der Waals surface area contributed by atoms with Gasteiger partial charge in [-0.25, -0.2) is 4.79 Å². The molecule has 0 radical (unpaired) electrons. The summed E-state index contributed by atoms with van der Waals surface area (Å²) in [5.74, 6) is -1.53. The zero-order valence-corrected chi connectivity index (χ0v) is 11.9. The van der Waals surface area contributed by atoms with Crippen LogP contribution in [0.3, 0.4) is 0 Å². The Morgan fingerprint density at radius 3 is 2.81 bits per heavy atom. The van der Waals surface area contributed by atoms with Gasteiger partial charge in [-0.3, -0.25) is 4.79 Å². The van der Waals surface area contributed by atoms with Gasteiger partial charge in [-0.2, -0.15) is 5.26 Å². The first-order valence-electron chi connectivity index (χ1n) is 6.12. The zero-order chi connectivity index (χ0) is 15.6. The van der Waals surface area contributed by atoms with E-state index in [0.29, 0.717) is 27.1 Å². The number of aliphatic carboxylic acids is 1. The lowest BCUT2D eigenvalue weighted by Gasteiger charge is -2.12. The van der Waals surface area contributed by atoms with E-state index < -0.39 is 17.9 Å². The minimum atomic E-state index is -1.12. The smallest absolute Gasteiger partial charge is 0.326 e. The van der Waals surface area contributed by atoms with Crippen LogP contribution < -0.4 is 5.32 Å². The number of carbonyl (C=O) groups excluding carboxylic acids is 1. The van der Waals surface area contributed by atoms with Crippen LogP contribution in [0.2, 0.25) is 5.02 Å². The first-order valence-corrected chi connectivity index (χ1v) is 6.49. The van der Waals surface area contributed by atoms with E-state index in [4.69, 9.17) is 22.0 Å². The average molecular weight is 306 g/mol. The molecule has 6 nitrogen and oxygen atoms in total. The van der Waals surface area contributed by atoms with Crippen molar-refractivity contribution in [3.05, 3.63) is 34.5 Å². The minimum absolute atomic E-state index is 0.113. The van der Waals surface area contributed by atoms with Crippen LogP contribution in [0, 0.1) is 11.3 Å². The van der Waals surface area contributed by atoms with Crippen molar-refractivity contribution in [2.24, 2.45) is 0 Å². The first kappa shape index (κ1) is 14.9. The summed E-state index contributed by atoms with van der Waals surface area (Å²) in [4.78, 5) is 25.2. The Labute approximate surface area is 125 Å². The number of hydrogen-bond donors (Lipinski definition) is 3.